The number of amidine groups is 1. The van der Waals surface area contributed by atoms with Crippen LogP contribution in [-0.4, -0.2) is 79.9 Å². The van der Waals surface area contributed by atoms with Crippen molar-refractivity contribution in [2.45, 2.75) is 47.6 Å². The van der Waals surface area contributed by atoms with Crippen LogP contribution in [-0.2, 0) is 9.59 Å². The molecule has 1 aromatic rings. The van der Waals surface area contributed by atoms with Gasteiger partial charge in [0.1, 0.15) is 11.5 Å². The molecule has 0 N–H and O–H groups in total. The summed E-state index contributed by atoms with van der Waals surface area (Å²) in [5.74, 6) is 0.476. The first-order valence-corrected chi connectivity index (χ1v) is 9.38. The van der Waals surface area contributed by atoms with Crippen LogP contribution in [0.1, 0.15) is 37.7 Å². The Bertz CT molecular complexity index is 940. The van der Waals surface area contributed by atoms with E-state index in [0.717, 1.165) is 21.9 Å². The number of carbonyl (C=O) groups is 3. The third-order valence-electron chi connectivity index (χ3n) is 5.17. The van der Waals surface area contributed by atoms with Gasteiger partial charge < -0.3 is 0 Å². The molecule has 1 aromatic heterocycles. The van der Waals surface area contributed by atoms with Crippen LogP contribution in [0.3, 0.4) is 0 Å². The molecule has 2 aliphatic rings. The van der Waals surface area contributed by atoms with Crippen LogP contribution in [0.4, 0.5) is 4.79 Å². The summed E-state index contributed by atoms with van der Waals surface area (Å²) < 4.78 is 3.62. The summed E-state index contributed by atoms with van der Waals surface area (Å²) in [5, 5.41) is 4.59. The number of urea groups is 1. The van der Waals surface area contributed by atoms with Crippen molar-refractivity contribution in [3.05, 3.63) is 17.0 Å². The average Bonchev–Trinajstić information content (AvgIpc) is 3.09. The molecule has 3 rings (SSSR count). The van der Waals surface area contributed by atoms with E-state index in [9.17, 15) is 14.4 Å². The van der Waals surface area contributed by atoms with Gasteiger partial charge in [0.05, 0.1) is 18.8 Å². The Morgan fingerprint density at radius 2 is 1.86 bits per heavy atom. The number of likely N-dealkylation sites (N-methyl/N-ethyl adjacent to an activating group) is 1. The highest BCUT2D eigenvalue weighted by Crippen LogP contribution is 2.22. The van der Waals surface area contributed by atoms with Crippen LogP contribution >= 0.6 is 0 Å². The number of hydrogen-bond donors (Lipinski definition) is 0. The number of ketones is 1. The van der Waals surface area contributed by atoms with Crippen molar-refractivity contribution >= 4 is 29.5 Å². The van der Waals surface area contributed by atoms with E-state index in [2.05, 4.69) is 23.9 Å². The smallest absolute Gasteiger partial charge is 0.298 e. The molecule has 28 heavy (non-hydrogen) atoms. The number of amides is 3. The predicted molar refractivity (Wildman–Crippen MR) is 104 cm³/mol. The lowest BCUT2D eigenvalue weighted by Crippen LogP contribution is -2.63. The summed E-state index contributed by atoms with van der Waals surface area (Å²) in [4.78, 5) is 44.5. The molecule has 0 saturated carbocycles. The first-order chi connectivity index (χ1) is 13.0. The molecular formula is C19H27N6O3+. The van der Waals surface area contributed by atoms with Gasteiger partial charge in [-0.3, -0.25) is 19.4 Å². The number of nitrogens with zero attached hydrogens (tertiary/aromatic N) is 6. The number of carbonyl (C=O) groups excluding carboxylic acids is 3. The molecule has 9 heteroatoms. The van der Waals surface area contributed by atoms with Gasteiger partial charge in [-0.15, -0.1) is 9.78 Å². The molecule has 2 aliphatic heterocycles. The maximum atomic E-state index is 13.2. The zero-order valence-corrected chi connectivity index (χ0v) is 17.5. The number of rotatable bonds is 4. The average molecular weight is 387 g/mol. The van der Waals surface area contributed by atoms with Gasteiger partial charge >= 0.3 is 12.0 Å². The Kier molecular flexibility index (Phi) is 4.95. The molecule has 3 heterocycles. The van der Waals surface area contributed by atoms with Crippen LogP contribution in [0.25, 0.3) is 0 Å². The summed E-state index contributed by atoms with van der Waals surface area (Å²) in [6, 6.07) is -1.28. The van der Waals surface area contributed by atoms with Gasteiger partial charge in [0.25, 0.3) is 5.91 Å². The fourth-order valence-electron chi connectivity index (χ4n) is 3.54. The third-order valence-corrected chi connectivity index (χ3v) is 5.17. The van der Waals surface area contributed by atoms with Crippen molar-refractivity contribution in [1.82, 2.24) is 19.6 Å². The second kappa shape index (κ2) is 6.96. The Morgan fingerprint density at radius 3 is 2.36 bits per heavy atom. The van der Waals surface area contributed by atoms with Crippen molar-refractivity contribution in [3.63, 3.8) is 0 Å². The van der Waals surface area contributed by atoms with Crippen LogP contribution in [0, 0.1) is 26.7 Å². The van der Waals surface area contributed by atoms with Gasteiger partial charge in [0.2, 0.25) is 11.9 Å². The molecule has 1 unspecified atom stereocenters. The Balaban J connectivity index is 2.17. The lowest BCUT2D eigenvalue weighted by atomic mass is 10.1. The molecule has 1 saturated heterocycles. The quantitative estimate of drug-likeness (QED) is 0.719. The van der Waals surface area contributed by atoms with Crippen molar-refractivity contribution < 1.29 is 19.0 Å². The fourth-order valence-corrected chi connectivity index (χ4v) is 3.54. The highest BCUT2D eigenvalue weighted by molar-refractivity contribution is 6.23. The molecule has 1 atom stereocenters. The number of aryl methyl sites for hydroxylation is 1. The van der Waals surface area contributed by atoms with Crippen molar-refractivity contribution in [3.8, 4) is 0 Å². The van der Waals surface area contributed by atoms with Crippen molar-refractivity contribution in [2.75, 3.05) is 20.1 Å². The summed E-state index contributed by atoms with van der Waals surface area (Å²) in [5.41, 5.74) is 2.88. The first kappa shape index (κ1) is 19.9. The Morgan fingerprint density at radius 1 is 1.21 bits per heavy atom. The summed E-state index contributed by atoms with van der Waals surface area (Å²) >= 11 is 0. The van der Waals surface area contributed by atoms with Gasteiger partial charge in [0.15, 0.2) is 0 Å². The van der Waals surface area contributed by atoms with E-state index in [1.807, 2.05) is 25.3 Å². The molecule has 0 bridgehead atoms. The zero-order chi connectivity index (χ0) is 20.9. The number of imide groups is 1. The normalized spacial score (nSPS) is 19.7. The summed E-state index contributed by atoms with van der Waals surface area (Å²) in [7, 11) is 1.58. The SMILES string of the molecule is CC(=O)CN1C(=O)C2C(=NC(n3nc(C)c(C)c3C)=[N+]2CC(C)C)N(C)C1=O. The van der Waals surface area contributed by atoms with Gasteiger partial charge in [0, 0.05) is 12.6 Å². The number of aliphatic imine (C=N–C) groups is 1. The van der Waals surface area contributed by atoms with Crippen molar-refractivity contribution in [2.24, 2.45) is 10.9 Å². The maximum absolute atomic E-state index is 13.2. The number of Topliss-reactive ketones (excluding diaryl/α,β-unsaturated/α-hetero) is 1. The van der Waals surface area contributed by atoms with E-state index in [-0.39, 0.29) is 18.2 Å². The first-order valence-electron chi connectivity index (χ1n) is 9.38. The number of aromatic nitrogens is 2. The Hall–Kier alpha value is -2.84. The second-order valence-corrected chi connectivity index (χ2v) is 7.89. The minimum atomic E-state index is -0.747. The van der Waals surface area contributed by atoms with E-state index < -0.39 is 18.0 Å². The molecule has 0 aliphatic carbocycles. The standard InChI is InChI=1S/C19H27N6O3/c1-10(2)8-23-15-16(20-18(23)25-14(6)12(4)13(5)21-25)22(7)19(28)24(17(15)27)9-11(3)26/h10,15H,8-9H2,1-7H3/q+1. The van der Waals surface area contributed by atoms with Crippen molar-refractivity contribution in [1.29, 1.82) is 0 Å². The third kappa shape index (κ3) is 3.04. The highest BCUT2D eigenvalue weighted by atomic mass is 16.2. The molecule has 9 nitrogen and oxygen atoms in total. The maximum Gasteiger partial charge on any atom is 0.421 e. The van der Waals surface area contributed by atoms with Gasteiger partial charge in [-0.25, -0.2) is 9.37 Å². The molecule has 0 aromatic carbocycles. The summed E-state index contributed by atoms with van der Waals surface area (Å²) in [6.45, 7) is 11.7. The van der Waals surface area contributed by atoms with E-state index >= 15 is 0 Å². The lowest BCUT2D eigenvalue weighted by Gasteiger charge is -2.33. The predicted octanol–water partition coefficient (Wildman–Crippen LogP) is 0.945. The zero-order valence-electron chi connectivity index (χ0n) is 17.5. The van der Waals surface area contributed by atoms with Crippen LogP contribution in [0.2, 0.25) is 0 Å². The van der Waals surface area contributed by atoms with E-state index in [1.165, 1.54) is 11.8 Å². The topological polar surface area (TPSA) is 90.9 Å². The van der Waals surface area contributed by atoms with E-state index in [0.29, 0.717) is 18.3 Å². The van der Waals surface area contributed by atoms with Gasteiger partial charge in [-0.1, -0.05) is 18.8 Å². The van der Waals surface area contributed by atoms with E-state index in [1.54, 1.807) is 11.7 Å². The molecule has 0 radical (unpaired) electrons. The van der Waals surface area contributed by atoms with Crippen LogP contribution < -0.4 is 0 Å². The van der Waals surface area contributed by atoms with Gasteiger partial charge in [-0.2, -0.15) is 0 Å². The van der Waals surface area contributed by atoms with E-state index in [4.69, 9.17) is 0 Å². The van der Waals surface area contributed by atoms with Gasteiger partial charge in [-0.05, 0) is 33.6 Å². The van der Waals surface area contributed by atoms with Crippen LogP contribution in [0.15, 0.2) is 4.99 Å². The molecule has 0 spiro atoms. The summed E-state index contributed by atoms with van der Waals surface area (Å²) in [6.07, 6.45) is 0. The minimum Gasteiger partial charge on any atom is -0.298 e. The minimum absolute atomic E-state index is 0.240. The lowest BCUT2D eigenvalue weighted by molar-refractivity contribution is -0.543. The fraction of sp³-hybridized carbons (Fsp3) is 0.579. The number of fused-ring (bicyclic) bond motifs is 1. The monoisotopic (exact) mass is 387 g/mol. The molecule has 150 valence electrons. The molecule has 3 amide bonds. The molecular weight excluding hydrogens is 360 g/mol. The highest BCUT2D eigenvalue weighted by Gasteiger charge is 2.53. The second-order valence-electron chi connectivity index (χ2n) is 7.89. The molecule has 1 fully saturated rings. The largest absolute Gasteiger partial charge is 0.421 e. The number of hydrogen-bond acceptors (Lipinski definition) is 5. The van der Waals surface area contributed by atoms with Crippen LogP contribution in [0.5, 0.6) is 0 Å². The Labute approximate surface area is 164 Å².